The van der Waals surface area contributed by atoms with Crippen molar-refractivity contribution in [1.82, 2.24) is 0 Å². The number of rotatable bonds is 6. The maximum atomic E-state index is 12.0. The highest BCUT2D eigenvalue weighted by Crippen LogP contribution is 2.22. The average molecular weight is 422 g/mol. The van der Waals surface area contributed by atoms with E-state index in [0.29, 0.717) is 12.1 Å². The molecule has 0 saturated heterocycles. The molecule has 1 unspecified atom stereocenters. The van der Waals surface area contributed by atoms with Gasteiger partial charge in [0.1, 0.15) is 0 Å². The summed E-state index contributed by atoms with van der Waals surface area (Å²) >= 11 is 3.51. The molecule has 0 fully saturated rings. The van der Waals surface area contributed by atoms with Gasteiger partial charge in [-0.05, 0) is 24.1 Å². The summed E-state index contributed by atoms with van der Waals surface area (Å²) in [6.07, 6.45) is 0.337. The Balaban J connectivity index is 2.05. The van der Waals surface area contributed by atoms with Gasteiger partial charge in [0, 0.05) is 22.0 Å². The van der Waals surface area contributed by atoms with E-state index >= 15 is 0 Å². The van der Waals surface area contributed by atoms with Gasteiger partial charge in [0.25, 0.3) is 0 Å². The van der Waals surface area contributed by atoms with Gasteiger partial charge in [0.2, 0.25) is 0 Å². The summed E-state index contributed by atoms with van der Waals surface area (Å²) in [6, 6.07) is 24.4. The third-order valence-corrected chi connectivity index (χ3v) is 5.32. The predicted octanol–water partition coefficient (Wildman–Crippen LogP) is 5.29. The molecule has 1 N–H and O–H groups in total. The second-order valence-electron chi connectivity index (χ2n) is 6.29. The van der Waals surface area contributed by atoms with Crippen LogP contribution in [0.2, 0.25) is 0 Å². The van der Waals surface area contributed by atoms with Crippen LogP contribution in [0.25, 0.3) is 0 Å². The summed E-state index contributed by atoms with van der Waals surface area (Å²) in [5.41, 5.74) is 4.51. The lowest BCUT2D eigenvalue weighted by atomic mass is 9.99. The lowest BCUT2D eigenvalue weighted by Crippen LogP contribution is -2.23. The number of nitrogens with zero attached hydrogens (tertiary/aromatic N) is 1. The van der Waals surface area contributed by atoms with Crippen molar-refractivity contribution < 1.29 is 9.90 Å². The molecule has 3 rings (SSSR count). The molecule has 0 aliphatic heterocycles. The van der Waals surface area contributed by atoms with Crippen molar-refractivity contribution in [2.24, 2.45) is 4.99 Å². The van der Waals surface area contributed by atoms with Crippen LogP contribution in [0.4, 0.5) is 0 Å². The highest BCUT2D eigenvalue weighted by Gasteiger charge is 2.20. The molecule has 3 aromatic carbocycles. The van der Waals surface area contributed by atoms with E-state index < -0.39 is 12.0 Å². The molecule has 0 radical (unpaired) electrons. The van der Waals surface area contributed by atoms with Crippen LogP contribution < -0.4 is 0 Å². The van der Waals surface area contributed by atoms with Gasteiger partial charge in [0.15, 0.2) is 6.04 Å². The maximum Gasteiger partial charge on any atom is 0.328 e. The predicted molar refractivity (Wildman–Crippen MR) is 113 cm³/mol. The smallest absolute Gasteiger partial charge is 0.328 e. The molecule has 0 aliphatic carbocycles. The van der Waals surface area contributed by atoms with E-state index in [1.54, 1.807) is 0 Å². The first-order valence-corrected chi connectivity index (χ1v) is 9.51. The minimum Gasteiger partial charge on any atom is -0.480 e. The standard InChI is InChI=1S/C23H20BrNO2/c1-16-19(13-8-14-20(16)24)15-21(23(26)27)25-22(17-9-4-2-5-10-17)18-11-6-3-7-12-18/h2-14,21H,15H2,1H3,(H,26,27). The Bertz CT molecular complexity index is 911. The highest BCUT2D eigenvalue weighted by atomic mass is 79.9. The minimum absolute atomic E-state index is 0.337. The normalized spacial score (nSPS) is 11.6. The van der Waals surface area contributed by atoms with Crippen molar-refractivity contribution in [3.05, 3.63) is 106 Å². The molecule has 3 nitrogen and oxygen atoms in total. The van der Waals surface area contributed by atoms with Crippen LogP contribution in [-0.4, -0.2) is 22.8 Å². The number of carboxylic acids is 1. The molecule has 0 spiro atoms. The lowest BCUT2D eigenvalue weighted by molar-refractivity contribution is -0.138. The van der Waals surface area contributed by atoms with E-state index in [9.17, 15) is 9.90 Å². The Morgan fingerprint density at radius 2 is 1.48 bits per heavy atom. The quantitative estimate of drug-likeness (QED) is 0.549. The van der Waals surface area contributed by atoms with E-state index in [1.807, 2.05) is 85.8 Å². The molecule has 1 atom stereocenters. The largest absolute Gasteiger partial charge is 0.480 e. The van der Waals surface area contributed by atoms with Crippen molar-refractivity contribution >= 4 is 27.6 Å². The summed E-state index contributed by atoms with van der Waals surface area (Å²) in [4.78, 5) is 16.7. The number of benzene rings is 3. The van der Waals surface area contributed by atoms with Crippen molar-refractivity contribution in [3.8, 4) is 0 Å². The Morgan fingerprint density at radius 3 is 2.00 bits per heavy atom. The zero-order valence-corrected chi connectivity index (χ0v) is 16.6. The number of hydrogen-bond acceptors (Lipinski definition) is 2. The van der Waals surface area contributed by atoms with Crippen LogP contribution >= 0.6 is 15.9 Å². The van der Waals surface area contributed by atoms with Crippen LogP contribution in [0.1, 0.15) is 22.3 Å². The van der Waals surface area contributed by atoms with E-state index in [2.05, 4.69) is 20.9 Å². The van der Waals surface area contributed by atoms with Crippen molar-refractivity contribution in [2.45, 2.75) is 19.4 Å². The van der Waals surface area contributed by atoms with Gasteiger partial charge in [-0.2, -0.15) is 0 Å². The van der Waals surface area contributed by atoms with Crippen LogP contribution in [0, 0.1) is 6.92 Å². The Hall–Kier alpha value is -2.72. The number of hydrogen-bond donors (Lipinski definition) is 1. The van der Waals surface area contributed by atoms with Crippen LogP contribution in [0.3, 0.4) is 0 Å². The topological polar surface area (TPSA) is 49.7 Å². The minimum atomic E-state index is -0.932. The Morgan fingerprint density at radius 1 is 0.926 bits per heavy atom. The zero-order chi connectivity index (χ0) is 19.2. The molecular formula is C23H20BrNO2. The molecule has 0 aliphatic rings. The number of aliphatic carboxylic acids is 1. The number of aliphatic imine (C=N–C) groups is 1. The van der Waals surface area contributed by atoms with Gasteiger partial charge in [-0.15, -0.1) is 0 Å². The second kappa shape index (κ2) is 8.78. The molecule has 0 bridgehead atoms. The third kappa shape index (κ3) is 4.72. The zero-order valence-electron chi connectivity index (χ0n) is 15.0. The first-order chi connectivity index (χ1) is 13.1. The molecule has 0 aromatic heterocycles. The fourth-order valence-electron chi connectivity index (χ4n) is 2.93. The molecule has 4 heteroatoms. The van der Waals surface area contributed by atoms with E-state index in [4.69, 9.17) is 0 Å². The molecule has 0 amide bonds. The van der Waals surface area contributed by atoms with Crippen molar-refractivity contribution in [3.63, 3.8) is 0 Å². The van der Waals surface area contributed by atoms with Crippen LogP contribution in [-0.2, 0) is 11.2 Å². The summed E-state index contributed by atoms with van der Waals surface area (Å²) in [6.45, 7) is 1.98. The summed E-state index contributed by atoms with van der Waals surface area (Å²) < 4.78 is 0.972. The summed E-state index contributed by atoms with van der Waals surface area (Å²) in [7, 11) is 0. The van der Waals surface area contributed by atoms with E-state index in [-0.39, 0.29) is 0 Å². The Labute approximate surface area is 167 Å². The van der Waals surface area contributed by atoms with E-state index in [0.717, 1.165) is 26.7 Å². The fourth-order valence-corrected chi connectivity index (χ4v) is 3.34. The molecule has 3 aromatic rings. The molecule has 0 heterocycles. The van der Waals surface area contributed by atoms with Gasteiger partial charge in [-0.3, -0.25) is 4.99 Å². The summed E-state index contributed by atoms with van der Waals surface area (Å²) in [5.74, 6) is -0.932. The first-order valence-electron chi connectivity index (χ1n) is 8.71. The van der Waals surface area contributed by atoms with Gasteiger partial charge >= 0.3 is 5.97 Å². The first kappa shape index (κ1) is 19.1. The SMILES string of the molecule is Cc1c(Br)cccc1CC(N=C(c1ccccc1)c1ccccc1)C(=O)O. The maximum absolute atomic E-state index is 12.0. The van der Waals surface area contributed by atoms with Gasteiger partial charge < -0.3 is 5.11 Å². The fraction of sp³-hybridized carbons (Fsp3) is 0.130. The number of halogens is 1. The van der Waals surface area contributed by atoms with Crippen molar-refractivity contribution in [2.75, 3.05) is 0 Å². The Kier molecular flexibility index (Phi) is 6.20. The molecule has 0 saturated carbocycles. The number of carbonyl (C=O) groups is 1. The van der Waals surface area contributed by atoms with E-state index in [1.165, 1.54) is 0 Å². The van der Waals surface area contributed by atoms with Gasteiger partial charge in [-0.25, -0.2) is 4.79 Å². The highest BCUT2D eigenvalue weighted by molar-refractivity contribution is 9.10. The second-order valence-corrected chi connectivity index (χ2v) is 7.15. The monoisotopic (exact) mass is 421 g/mol. The van der Waals surface area contributed by atoms with Crippen LogP contribution in [0.5, 0.6) is 0 Å². The number of carboxylic acid groups (broad SMARTS) is 1. The third-order valence-electron chi connectivity index (χ3n) is 4.46. The molecular weight excluding hydrogens is 402 g/mol. The molecule has 27 heavy (non-hydrogen) atoms. The summed E-state index contributed by atoms with van der Waals surface area (Å²) in [5, 5.41) is 9.82. The van der Waals surface area contributed by atoms with Crippen molar-refractivity contribution in [1.29, 1.82) is 0 Å². The van der Waals surface area contributed by atoms with Gasteiger partial charge in [-0.1, -0.05) is 88.7 Å². The lowest BCUT2D eigenvalue weighted by Gasteiger charge is -2.15. The average Bonchev–Trinajstić information content (AvgIpc) is 2.69. The van der Waals surface area contributed by atoms with Crippen LogP contribution in [0.15, 0.2) is 88.3 Å². The van der Waals surface area contributed by atoms with Gasteiger partial charge in [0.05, 0.1) is 5.71 Å². The molecule has 136 valence electrons.